The zero-order valence-electron chi connectivity index (χ0n) is 18.7. The molecule has 0 fully saturated rings. The van der Waals surface area contributed by atoms with E-state index in [2.05, 4.69) is 27.7 Å². The summed E-state index contributed by atoms with van der Waals surface area (Å²) in [5, 5.41) is 0. The van der Waals surface area contributed by atoms with Crippen LogP contribution in [0.15, 0.2) is 60.7 Å². The van der Waals surface area contributed by atoms with Gasteiger partial charge in [-0.1, -0.05) is 0 Å². The standard InChI is InChI=1S/2C12H17NO.2ClH.Zr/c2*1-10(2)8-9-13-12(14)11-6-4-3-5-7-11;;;/h2*3-7,10H,8-9H2,1-2H3,(H,13,14);2*1H;/q;;;;+4/p-4. The van der Waals surface area contributed by atoms with Gasteiger partial charge in [-0.2, -0.15) is 0 Å². The second-order valence-corrected chi connectivity index (χ2v) is 21.1. The van der Waals surface area contributed by atoms with Gasteiger partial charge < -0.3 is 0 Å². The first kappa shape index (κ1) is 26.1. The Labute approximate surface area is 198 Å². The third-order valence-electron chi connectivity index (χ3n) is 5.04. The van der Waals surface area contributed by atoms with E-state index in [9.17, 15) is 9.59 Å². The molecule has 0 atom stereocenters. The first-order valence-corrected chi connectivity index (χ1v) is 19.3. The number of hydrogen-bond donors (Lipinski definition) is 0. The molecule has 2 rings (SSSR count). The topological polar surface area (TPSA) is 40.6 Å². The van der Waals surface area contributed by atoms with Crippen LogP contribution in [0.25, 0.3) is 0 Å². The van der Waals surface area contributed by atoms with Crippen LogP contribution in [0, 0.1) is 11.8 Å². The fourth-order valence-electron chi connectivity index (χ4n) is 3.11. The average Bonchev–Trinajstić information content (AvgIpc) is 2.74. The number of nitrogens with zero attached hydrogens (tertiary/aromatic N) is 2. The maximum absolute atomic E-state index is 13.5. The summed E-state index contributed by atoms with van der Waals surface area (Å²) in [5.41, 5.74) is 1.06. The van der Waals surface area contributed by atoms with Gasteiger partial charge in [-0.3, -0.25) is 0 Å². The predicted octanol–water partition coefficient (Wildman–Crippen LogP) is 6.65. The van der Waals surface area contributed by atoms with Crippen LogP contribution in [0.5, 0.6) is 0 Å². The van der Waals surface area contributed by atoms with Gasteiger partial charge in [0.15, 0.2) is 0 Å². The summed E-state index contributed by atoms with van der Waals surface area (Å²) in [6, 6.07) is 18.0. The van der Waals surface area contributed by atoms with Crippen molar-refractivity contribution >= 4 is 28.8 Å². The summed E-state index contributed by atoms with van der Waals surface area (Å²) in [4.78, 5) is 27.0. The maximum atomic E-state index is 13.5. The van der Waals surface area contributed by atoms with Crippen LogP contribution in [-0.4, -0.2) is 30.6 Å². The molecule has 168 valence electrons. The van der Waals surface area contributed by atoms with Crippen LogP contribution in [-0.2, 0) is 18.5 Å². The van der Waals surface area contributed by atoms with Crippen molar-refractivity contribution in [3.8, 4) is 0 Å². The van der Waals surface area contributed by atoms with Crippen LogP contribution < -0.4 is 0 Å². The Bertz CT molecular complexity index is 776. The van der Waals surface area contributed by atoms with Crippen molar-refractivity contribution in [2.24, 2.45) is 11.8 Å². The van der Waals surface area contributed by atoms with Crippen molar-refractivity contribution in [1.29, 1.82) is 0 Å². The number of rotatable bonds is 10. The first-order chi connectivity index (χ1) is 14.6. The van der Waals surface area contributed by atoms with Crippen LogP contribution in [0.1, 0.15) is 61.3 Å². The molecular weight excluding hydrogens is 510 g/mol. The quantitative estimate of drug-likeness (QED) is 0.337. The van der Waals surface area contributed by atoms with Crippen LogP contribution in [0.2, 0.25) is 0 Å². The predicted molar refractivity (Wildman–Crippen MR) is 126 cm³/mol. The molecule has 7 heteroatoms. The fraction of sp³-hybridized carbons (Fsp3) is 0.417. The summed E-state index contributed by atoms with van der Waals surface area (Å²) in [6.45, 7) is 9.23. The van der Waals surface area contributed by atoms with Gasteiger partial charge >= 0.3 is 200 Å². The van der Waals surface area contributed by atoms with E-state index in [1.54, 1.807) is 30.0 Å². The van der Waals surface area contributed by atoms with Gasteiger partial charge in [0.25, 0.3) is 0 Å². The van der Waals surface area contributed by atoms with Gasteiger partial charge in [-0.25, -0.2) is 0 Å². The third kappa shape index (κ3) is 7.44. The Morgan fingerprint density at radius 3 is 1.32 bits per heavy atom. The van der Waals surface area contributed by atoms with E-state index in [0.29, 0.717) is 36.1 Å². The van der Waals surface area contributed by atoms with Gasteiger partial charge in [0.1, 0.15) is 0 Å². The van der Waals surface area contributed by atoms with Crippen molar-refractivity contribution in [1.82, 2.24) is 5.69 Å². The summed E-state index contributed by atoms with van der Waals surface area (Å²) >= 11 is -4.62. The molecule has 2 amide bonds. The Morgan fingerprint density at radius 2 is 1.03 bits per heavy atom. The molecule has 0 aromatic heterocycles. The van der Waals surface area contributed by atoms with Crippen molar-refractivity contribution in [2.45, 2.75) is 40.5 Å². The second kappa shape index (κ2) is 12.2. The van der Waals surface area contributed by atoms with Gasteiger partial charge in [0.2, 0.25) is 0 Å². The molecule has 0 spiro atoms. The number of carbonyl (C=O) groups is 2. The molecule has 0 saturated carbocycles. The zero-order valence-corrected chi connectivity index (χ0v) is 22.7. The van der Waals surface area contributed by atoms with Crippen molar-refractivity contribution in [3.63, 3.8) is 0 Å². The van der Waals surface area contributed by atoms with Gasteiger partial charge in [-0.05, 0) is 0 Å². The number of hydrogen-bond acceptors (Lipinski definition) is 2. The van der Waals surface area contributed by atoms with E-state index in [1.807, 2.05) is 36.4 Å². The van der Waals surface area contributed by atoms with Gasteiger partial charge in [0, 0.05) is 0 Å². The summed E-state index contributed by atoms with van der Waals surface area (Å²) in [5.74, 6) is 0.320. The molecule has 0 saturated heterocycles. The number of halogens is 2. The van der Waals surface area contributed by atoms with Gasteiger partial charge in [0.05, 0.1) is 0 Å². The van der Waals surface area contributed by atoms with Crippen molar-refractivity contribution < 1.29 is 28.0 Å². The van der Waals surface area contributed by atoms with E-state index in [0.717, 1.165) is 12.8 Å². The number of carbonyl (C=O) groups excluding carboxylic acids is 2. The summed E-state index contributed by atoms with van der Waals surface area (Å²) in [7, 11) is 14.2. The van der Waals surface area contributed by atoms with Crippen LogP contribution in [0.4, 0.5) is 0 Å². The van der Waals surface area contributed by atoms with E-state index < -0.39 is 18.5 Å². The van der Waals surface area contributed by atoms with Crippen LogP contribution >= 0.6 is 17.0 Å². The molecule has 0 unspecified atom stereocenters. The monoisotopic (exact) mass is 540 g/mol. The van der Waals surface area contributed by atoms with Crippen LogP contribution in [0.3, 0.4) is 0 Å². The Balaban J connectivity index is 2.46. The minimum atomic E-state index is -4.62. The van der Waals surface area contributed by atoms with Crippen molar-refractivity contribution in [3.05, 3.63) is 71.8 Å². The van der Waals surface area contributed by atoms with Gasteiger partial charge in [-0.15, -0.1) is 0 Å². The van der Waals surface area contributed by atoms with E-state index in [-0.39, 0.29) is 11.8 Å². The molecule has 0 aliphatic carbocycles. The molecule has 2 aromatic rings. The number of amides is 2. The van der Waals surface area contributed by atoms with E-state index in [1.165, 1.54) is 0 Å². The average molecular weight is 543 g/mol. The second-order valence-electron chi connectivity index (χ2n) is 8.52. The summed E-state index contributed by atoms with van der Waals surface area (Å²) in [6.07, 6.45) is 1.52. The minimum absolute atomic E-state index is 0.211. The molecule has 0 N–H and O–H groups in total. The Morgan fingerprint density at radius 1 is 0.710 bits per heavy atom. The van der Waals surface area contributed by atoms with Crippen molar-refractivity contribution in [2.75, 3.05) is 13.1 Å². The number of benzene rings is 2. The molecule has 0 aliphatic rings. The molecule has 2 aromatic carbocycles. The molecule has 4 nitrogen and oxygen atoms in total. The zero-order chi connectivity index (χ0) is 23.0. The summed E-state index contributed by atoms with van der Waals surface area (Å²) < 4.78 is 3.24. The van der Waals surface area contributed by atoms with E-state index >= 15 is 0 Å². The fourth-order valence-corrected chi connectivity index (χ4v) is 11.4. The molecule has 0 heterocycles. The Kier molecular flexibility index (Phi) is 10.3. The third-order valence-corrected chi connectivity index (χ3v) is 15.2. The molecule has 0 aliphatic heterocycles. The SMILES string of the molecule is CC(C)CC[N](C(=O)c1ccccc1)[Zr]([Cl])([Cl])[N](CCC(C)C)C(=O)c1ccccc1. The molecule has 31 heavy (non-hydrogen) atoms. The molecule has 0 radical (unpaired) electrons. The van der Waals surface area contributed by atoms with E-state index in [4.69, 9.17) is 17.0 Å². The molecule has 0 bridgehead atoms. The first-order valence-electron chi connectivity index (χ1n) is 10.8. The normalized spacial score (nSPS) is 11.6. The Hall–Kier alpha value is -1.16. The molecular formula is C24H32Cl2N2O2Zr.